The van der Waals surface area contributed by atoms with E-state index in [1.807, 2.05) is 19.1 Å². The molecule has 0 amide bonds. The van der Waals surface area contributed by atoms with E-state index in [0.29, 0.717) is 24.3 Å². The topological polar surface area (TPSA) is 35.5 Å². The lowest BCUT2D eigenvalue weighted by atomic mass is 9.99. The first kappa shape index (κ1) is 12.9. The predicted molar refractivity (Wildman–Crippen MR) is 70.7 cm³/mol. The number of ketones is 1. The van der Waals surface area contributed by atoms with Crippen molar-refractivity contribution < 1.29 is 14.3 Å². The molecule has 0 aliphatic carbocycles. The van der Waals surface area contributed by atoms with Gasteiger partial charge in [0, 0.05) is 12.5 Å². The summed E-state index contributed by atoms with van der Waals surface area (Å²) in [5.74, 6) is 1.68. The number of hydrogen-bond acceptors (Lipinski definition) is 3. The van der Waals surface area contributed by atoms with Gasteiger partial charge in [0.05, 0.1) is 18.8 Å². The molecule has 1 aromatic carbocycles. The molecule has 1 aromatic rings. The summed E-state index contributed by atoms with van der Waals surface area (Å²) in [4.78, 5) is 12.0. The van der Waals surface area contributed by atoms with Gasteiger partial charge in [-0.05, 0) is 30.9 Å². The van der Waals surface area contributed by atoms with Crippen molar-refractivity contribution in [2.45, 2.75) is 39.5 Å². The van der Waals surface area contributed by atoms with Gasteiger partial charge in [0.25, 0.3) is 0 Å². The molecule has 0 saturated heterocycles. The lowest BCUT2D eigenvalue weighted by Gasteiger charge is -2.20. The first-order valence-electron chi connectivity index (χ1n) is 6.72. The Labute approximate surface area is 108 Å². The fourth-order valence-corrected chi connectivity index (χ4v) is 2.12. The van der Waals surface area contributed by atoms with Crippen LogP contribution in [0, 0.1) is 0 Å². The summed E-state index contributed by atoms with van der Waals surface area (Å²) >= 11 is 0. The minimum absolute atomic E-state index is 0.134. The second kappa shape index (κ2) is 5.89. The van der Waals surface area contributed by atoms with Crippen molar-refractivity contribution in [3.8, 4) is 11.5 Å². The van der Waals surface area contributed by atoms with Crippen molar-refractivity contribution in [1.82, 2.24) is 0 Å². The third kappa shape index (κ3) is 2.66. The molecule has 0 saturated carbocycles. The number of carbonyl (C=O) groups is 1. The number of carbonyl (C=O) groups excluding carboxylic acids is 1. The molecule has 0 radical (unpaired) electrons. The number of rotatable bonds is 5. The maximum atomic E-state index is 12.0. The molecule has 0 N–H and O–H groups in total. The number of hydrogen-bond donors (Lipinski definition) is 0. The highest BCUT2D eigenvalue weighted by atomic mass is 16.5. The minimum Gasteiger partial charge on any atom is -0.493 e. The minimum atomic E-state index is 0.134. The molecule has 3 heteroatoms. The largest absolute Gasteiger partial charge is 0.493 e. The first-order chi connectivity index (χ1) is 8.76. The Morgan fingerprint density at radius 1 is 1.39 bits per heavy atom. The number of aryl methyl sites for hydroxylation is 1. The van der Waals surface area contributed by atoms with Crippen LogP contribution in [0.2, 0.25) is 0 Å². The van der Waals surface area contributed by atoms with Gasteiger partial charge in [0.15, 0.2) is 5.78 Å². The van der Waals surface area contributed by atoms with Crippen LogP contribution in [-0.2, 0) is 6.42 Å². The molecule has 0 aromatic heterocycles. The summed E-state index contributed by atoms with van der Waals surface area (Å²) in [7, 11) is 0. The first-order valence-corrected chi connectivity index (χ1v) is 6.72. The van der Waals surface area contributed by atoms with Gasteiger partial charge >= 0.3 is 0 Å². The van der Waals surface area contributed by atoms with Gasteiger partial charge in [-0.3, -0.25) is 4.79 Å². The van der Waals surface area contributed by atoms with Gasteiger partial charge in [-0.1, -0.05) is 13.8 Å². The van der Waals surface area contributed by atoms with E-state index >= 15 is 0 Å². The van der Waals surface area contributed by atoms with Gasteiger partial charge < -0.3 is 9.47 Å². The summed E-state index contributed by atoms with van der Waals surface area (Å²) < 4.78 is 11.3. The zero-order valence-electron chi connectivity index (χ0n) is 11.1. The molecular weight excluding hydrogens is 228 g/mol. The van der Waals surface area contributed by atoms with E-state index in [4.69, 9.17) is 9.47 Å². The Hall–Kier alpha value is -1.51. The van der Waals surface area contributed by atoms with Crippen molar-refractivity contribution in [1.29, 1.82) is 0 Å². The summed E-state index contributed by atoms with van der Waals surface area (Å²) in [6.07, 6.45) is 3.43. The van der Waals surface area contributed by atoms with Crippen molar-refractivity contribution in [3.63, 3.8) is 0 Å². The average Bonchev–Trinajstić information content (AvgIpc) is 2.43. The van der Waals surface area contributed by atoms with Crippen LogP contribution in [0.5, 0.6) is 11.5 Å². The molecule has 98 valence electrons. The zero-order valence-corrected chi connectivity index (χ0v) is 11.1. The fourth-order valence-electron chi connectivity index (χ4n) is 2.12. The van der Waals surface area contributed by atoms with Gasteiger partial charge in [0.2, 0.25) is 0 Å². The Morgan fingerprint density at radius 2 is 2.22 bits per heavy atom. The maximum Gasteiger partial charge on any atom is 0.166 e. The van der Waals surface area contributed by atoms with E-state index in [1.165, 1.54) is 0 Å². The van der Waals surface area contributed by atoms with Gasteiger partial charge in [-0.25, -0.2) is 0 Å². The van der Waals surface area contributed by atoms with Crippen molar-refractivity contribution >= 4 is 5.78 Å². The van der Waals surface area contributed by atoms with Gasteiger partial charge in [0.1, 0.15) is 11.5 Å². The van der Waals surface area contributed by atoms with Crippen LogP contribution < -0.4 is 9.47 Å². The molecule has 0 atom stereocenters. The Bertz CT molecular complexity index is 438. The second-order valence-electron chi connectivity index (χ2n) is 4.53. The lowest BCUT2D eigenvalue weighted by Crippen LogP contribution is -2.11. The average molecular weight is 248 g/mol. The standard InChI is InChI=1S/C15H20O3/c1-3-7-17-15-10-14-11(6-5-8-18-14)9-12(15)13(16)4-2/h9-10H,3-8H2,1-2H3. The highest BCUT2D eigenvalue weighted by molar-refractivity contribution is 5.99. The maximum absolute atomic E-state index is 12.0. The van der Waals surface area contributed by atoms with Crippen molar-refractivity contribution in [2.75, 3.05) is 13.2 Å². The fraction of sp³-hybridized carbons (Fsp3) is 0.533. The zero-order chi connectivity index (χ0) is 13.0. The lowest BCUT2D eigenvalue weighted by molar-refractivity contribution is 0.0984. The van der Waals surface area contributed by atoms with Gasteiger partial charge in [-0.2, -0.15) is 0 Å². The third-order valence-corrected chi connectivity index (χ3v) is 3.09. The van der Waals surface area contributed by atoms with Crippen LogP contribution in [0.25, 0.3) is 0 Å². The quantitative estimate of drug-likeness (QED) is 0.749. The number of Topliss-reactive ketones (excluding diaryl/α,β-unsaturated/α-hetero) is 1. The van der Waals surface area contributed by atoms with Crippen LogP contribution in [-0.4, -0.2) is 19.0 Å². The number of fused-ring (bicyclic) bond motifs is 1. The van der Waals surface area contributed by atoms with E-state index in [0.717, 1.165) is 37.2 Å². The SMILES string of the molecule is CCCOc1cc2c(cc1C(=O)CC)CCCO2. The van der Waals surface area contributed by atoms with Gasteiger partial charge in [-0.15, -0.1) is 0 Å². The molecule has 0 spiro atoms. The van der Waals surface area contributed by atoms with Crippen LogP contribution >= 0.6 is 0 Å². The van der Waals surface area contributed by atoms with Crippen LogP contribution in [0.3, 0.4) is 0 Å². The predicted octanol–water partition coefficient (Wildman–Crippen LogP) is 3.39. The molecule has 1 heterocycles. The molecule has 1 aliphatic heterocycles. The summed E-state index contributed by atoms with van der Waals surface area (Å²) in [5.41, 5.74) is 1.83. The molecular formula is C15H20O3. The number of benzene rings is 1. The molecule has 1 aliphatic rings. The Kier molecular flexibility index (Phi) is 4.24. The second-order valence-corrected chi connectivity index (χ2v) is 4.53. The van der Waals surface area contributed by atoms with Crippen LogP contribution in [0.4, 0.5) is 0 Å². The van der Waals surface area contributed by atoms with E-state index in [9.17, 15) is 4.79 Å². The van der Waals surface area contributed by atoms with E-state index in [1.54, 1.807) is 0 Å². The van der Waals surface area contributed by atoms with Crippen LogP contribution in [0.1, 0.15) is 49.0 Å². The normalized spacial score (nSPS) is 13.7. The summed E-state index contributed by atoms with van der Waals surface area (Å²) in [5, 5.41) is 0. The molecule has 3 nitrogen and oxygen atoms in total. The van der Waals surface area contributed by atoms with Crippen LogP contribution in [0.15, 0.2) is 12.1 Å². The smallest absolute Gasteiger partial charge is 0.166 e. The van der Waals surface area contributed by atoms with Crippen molar-refractivity contribution in [2.24, 2.45) is 0 Å². The highest BCUT2D eigenvalue weighted by Gasteiger charge is 2.18. The Morgan fingerprint density at radius 3 is 2.94 bits per heavy atom. The van der Waals surface area contributed by atoms with E-state index in [-0.39, 0.29) is 5.78 Å². The highest BCUT2D eigenvalue weighted by Crippen LogP contribution is 2.33. The van der Waals surface area contributed by atoms with E-state index < -0.39 is 0 Å². The molecule has 0 bridgehead atoms. The molecule has 18 heavy (non-hydrogen) atoms. The molecule has 2 rings (SSSR count). The summed E-state index contributed by atoms with van der Waals surface area (Å²) in [6, 6.07) is 3.83. The monoisotopic (exact) mass is 248 g/mol. The molecule has 0 unspecified atom stereocenters. The molecule has 0 fully saturated rings. The summed E-state index contributed by atoms with van der Waals surface area (Å²) in [6.45, 7) is 5.31. The third-order valence-electron chi connectivity index (χ3n) is 3.09. The van der Waals surface area contributed by atoms with Crippen molar-refractivity contribution in [3.05, 3.63) is 23.3 Å². The number of ether oxygens (including phenoxy) is 2. The Balaban J connectivity index is 2.37. The van der Waals surface area contributed by atoms with E-state index in [2.05, 4.69) is 6.92 Å².